The summed E-state index contributed by atoms with van der Waals surface area (Å²) >= 11 is 1.42. The zero-order valence-electron chi connectivity index (χ0n) is 15.5. The lowest BCUT2D eigenvalue weighted by molar-refractivity contribution is -0.137. The van der Waals surface area contributed by atoms with Gasteiger partial charge in [-0.15, -0.1) is 11.8 Å². The molecule has 9 heteroatoms. The number of amides is 3. The maximum absolute atomic E-state index is 12.8. The van der Waals surface area contributed by atoms with Crippen LogP contribution in [0.5, 0.6) is 0 Å². The van der Waals surface area contributed by atoms with E-state index in [4.69, 9.17) is 0 Å². The third kappa shape index (κ3) is 5.31. The fourth-order valence-electron chi connectivity index (χ4n) is 2.86. The van der Waals surface area contributed by atoms with Crippen LogP contribution in [0.3, 0.4) is 0 Å². The maximum atomic E-state index is 12.8. The van der Waals surface area contributed by atoms with Gasteiger partial charge in [0, 0.05) is 26.7 Å². The van der Waals surface area contributed by atoms with Gasteiger partial charge in [0.2, 0.25) is 5.91 Å². The summed E-state index contributed by atoms with van der Waals surface area (Å²) < 4.78 is 38.3. The minimum atomic E-state index is -4.38. The molecule has 1 saturated heterocycles. The molecule has 0 radical (unpaired) electrons. The van der Waals surface area contributed by atoms with Gasteiger partial charge in [-0.25, -0.2) is 4.79 Å². The van der Waals surface area contributed by atoms with Crippen LogP contribution in [0.15, 0.2) is 24.3 Å². The molecule has 0 aromatic heterocycles. The molecule has 0 aliphatic carbocycles. The van der Waals surface area contributed by atoms with Crippen LogP contribution in [0.2, 0.25) is 0 Å². The monoisotopic (exact) mass is 403 g/mol. The van der Waals surface area contributed by atoms with Gasteiger partial charge in [-0.3, -0.25) is 4.79 Å². The molecule has 1 aliphatic heterocycles. The quantitative estimate of drug-likeness (QED) is 0.788. The van der Waals surface area contributed by atoms with E-state index < -0.39 is 11.7 Å². The number of carbonyl (C=O) groups is 2. The maximum Gasteiger partial charge on any atom is 0.416 e. The predicted molar refractivity (Wildman–Crippen MR) is 99.3 cm³/mol. The van der Waals surface area contributed by atoms with E-state index >= 15 is 0 Å². The minimum Gasteiger partial charge on any atom is -0.338 e. The second-order valence-corrected chi connectivity index (χ2v) is 7.82. The van der Waals surface area contributed by atoms with Crippen molar-refractivity contribution < 1.29 is 22.8 Å². The Labute approximate surface area is 161 Å². The van der Waals surface area contributed by atoms with Crippen LogP contribution in [0.25, 0.3) is 0 Å². The lowest BCUT2D eigenvalue weighted by Gasteiger charge is -2.26. The summed E-state index contributed by atoms with van der Waals surface area (Å²) in [4.78, 5) is 27.4. The Kier molecular flexibility index (Phi) is 7.02. The first kappa shape index (κ1) is 21.4. The Morgan fingerprint density at radius 2 is 1.93 bits per heavy atom. The van der Waals surface area contributed by atoms with Crippen molar-refractivity contribution in [2.45, 2.75) is 37.1 Å². The van der Waals surface area contributed by atoms with Crippen molar-refractivity contribution in [1.82, 2.24) is 15.1 Å². The Morgan fingerprint density at radius 3 is 2.48 bits per heavy atom. The Morgan fingerprint density at radius 1 is 1.30 bits per heavy atom. The summed E-state index contributed by atoms with van der Waals surface area (Å²) in [5, 5.41) is 2.14. The third-order valence-electron chi connectivity index (χ3n) is 4.34. The number of nitrogens with zero attached hydrogens (tertiary/aromatic N) is 2. The van der Waals surface area contributed by atoms with Crippen molar-refractivity contribution in [3.8, 4) is 0 Å². The summed E-state index contributed by atoms with van der Waals surface area (Å²) in [5.74, 6) is -0.0365. The van der Waals surface area contributed by atoms with E-state index in [9.17, 15) is 22.8 Å². The average molecular weight is 403 g/mol. The number of rotatable bonds is 6. The number of alkyl halides is 3. The summed E-state index contributed by atoms with van der Waals surface area (Å²) in [6.45, 7) is 5.09. The average Bonchev–Trinajstić information content (AvgIpc) is 2.89. The first-order valence-electron chi connectivity index (χ1n) is 8.77. The lowest BCUT2D eigenvalue weighted by Crippen LogP contribution is -2.39. The van der Waals surface area contributed by atoms with Crippen molar-refractivity contribution >= 4 is 23.7 Å². The van der Waals surface area contributed by atoms with Crippen LogP contribution in [0.4, 0.5) is 18.0 Å². The number of hydrogen-bond acceptors (Lipinski definition) is 3. The van der Waals surface area contributed by atoms with E-state index in [1.165, 1.54) is 23.9 Å². The summed E-state index contributed by atoms with van der Waals surface area (Å²) in [7, 11) is 1.68. The van der Waals surface area contributed by atoms with Gasteiger partial charge in [-0.1, -0.05) is 12.1 Å². The zero-order chi connectivity index (χ0) is 20.2. The number of urea groups is 1. The smallest absolute Gasteiger partial charge is 0.338 e. The van der Waals surface area contributed by atoms with Crippen LogP contribution < -0.4 is 5.32 Å². The summed E-state index contributed by atoms with van der Waals surface area (Å²) in [5.41, 5.74) is -0.0356. The van der Waals surface area contributed by atoms with Crippen molar-refractivity contribution in [2.24, 2.45) is 0 Å². The van der Waals surface area contributed by atoms with Gasteiger partial charge in [0.05, 0.1) is 10.8 Å². The Bertz CT molecular complexity index is 667. The second kappa shape index (κ2) is 8.86. The molecule has 1 aromatic carbocycles. The highest BCUT2D eigenvalue weighted by molar-refractivity contribution is 8.01. The molecule has 2 rings (SSSR count). The van der Waals surface area contributed by atoms with E-state index in [1.54, 1.807) is 23.8 Å². The van der Waals surface area contributed by atoms with Gasteiger partial charge >= 0.3 is 12.2 Å². The standard InChI is InChI=1S/C18H24F3N3O2S/c1-4-22-17(26)23(3)10-5-11-24-15(25)12(2)27-16(24)13-6-8-14(9-7-13)18(19,20)21/h6-9,12,16H,4-5,10-11H2,1-3H3,(H,22,26)/t12-,16+/m1/s1. The molecule has 1 aliphatic rings. The summed E-state index contributed by atoms with van der Waals surface area (Å²) in [6.07, 6.45) is -3.79. The molecule has 0 unspecified atom stereocenters. The molecule has 0 saturated carbocycles. The molecule has 5 nitrogen and oxygen atoms in total. The highest BCUT2D eigenvalue weighted by Crippen LogP contribution is 2.43. The van der Waals surface area contributed by atoms with E-state index in [1.807, 2.05) is 6.92 Å². The molecule has 1 N–H and O–H groups in total. The van der Waals surface area contributed by atoms with Gasteiger partial charge in [0.25, 0.3) is 0 Å². The van der Waals surface area contributed by atoms with Crippen LogP contribution in [0, 0.1) is 0 Å². The fourth-order valence-corrected chi connectivity index (χ4v) is 4.17. The molecule has 0 spiro atoms. The first-order valence-corrected chi connectivity index (χ1v) is 9.71. The molecule has 1 aromatic rings. The number of carbonyl (C=O) groups excluding carboxylic acids is 2. The number of halogens is 3. The van der Waals surface area contributed by atoms with Crippen molar-refractivity contribution in [3.05, 3.63) is 35.4 Å². The lowest BCUT2D eigenvalue weighted by atomic mass is 10.1. The van der Waals surface area contributed by atoms with Gasteiger partial charge in [0.1, 0.15) is 5.37 Å². The molecule has 2 atom stereocenters. The number of hydrogen-bond donors (Lipinski definition) is 1. The van der Waals surface area contributed by atoms with Gasteiger partial charge in [-0.05, 0) is 38.0 Å². The molecule has 0 bridgehead atoms. The summed E-state index contributed by atoms with van der Waals surface area (Å²) in [6, 6.07) is 4.78. The highest BCUT2D eigenvalue weighted by Gasteiger charge is 2.38. The normalized spacial score (nSPS) is 20.1. The number of thioether (sulfide) groups is 1. The van der Waals surface area contributed by atoms with E-state index in [0.717, 1.165) is 12.1 Å². The Hall–Kier alpha value is -1.90. The van der Waals surface area contributed by atoms with E-state index in [0.29, 0.717) is 31.6 Å². The molecule has 150 valence electrons. The Balaban J connectivity index is 2.03. The zero-order valence-corrected chi connectivity index (χ0v) is 16.4. The predicted octanol–water partition coefficient (Wildman–Crippen LogP) is 3.72. The molecule has 1 heterocycles. The van der Waals surface area contributed by atoms with Gasteiger partial charge in [0.15, 0.2) is 0 Å². The van der Waals surface area contributed by atoms with Crippen LogP contribution >= 0.6 is 11.8 Å². The van der Waals surface area contributed by atoms with Crippen LogP contribution in [0.1, 0.15) is 36.8 Å². The van der Waals surface area contributed by atoms with Gasteiger partial charge in [-0.2, -0.15) is 13.2 Å². The van der Waals surface area contributed by atoms with Gasteiger partial charge < -0.3 is 15.1 Å². The number of nitrogens with one attached hydrogen (secondary N) is 1. The minimum absolute atomic E-state index is 0.0365. The SMILES string of the molecule is CCNC(=O)N(C)CCCN1C(=O)[C@@H](C)S[C@H]1c1ccc(C(F)(F)F)cc1. The highest BCUT2D eigenvalue weighted by atomic mass is 32.2. The van der Waals surface area contributed by atoms with Crippen molar-refractivity contribution in [1.29, 1.82) is 0 Å². The largest absolute Gasteiger partial charge is 0.416 e. The second-order valence-electron chi connectivity index (χ2n) is 6.39. The topological polar surface area (TPSA) is 52.7 Å². The molecule has 27 heavy (non-hydrogen) atoms. The molecular weight excluding hydrogens is 379 g/mol. The van der Waals surface area contributed by atoms with E-state index in [-0.39, 0.29) is 22.6 Å². The van der Waals surface area contributed by atoms with E-state index in [2.05, 4.69) is 5.32 Å². The van der Waals surface area contributed by atoms with Crippen LogP contribution in [-0.4, -0.2) is 53.7 Å². The molecular formula is C18H24F3N3O2S. The molecule has 1 fully saturated rings. The van der Waals surface area contributed by atoms with Crippen molar-refractivity contribution in [2.75, 3.05) is 26.7 Å². The van der Waals surface area contributed by atoms with Crippen molar-refractivity contribution in [3.63, 3.8) is 0 Å². The van der Waals surface area contributed by atoms with Crippen LogP contribution in [-0.2, 0) is 11.0 Å². The third-order valence-corrected chi connectivity index (χ3v) is 5.73. The first-order chi connectivity index (χ1) is 12.6. The fraction of sp³-hybridized carbons (Fsp3) is 0.556. The molecule has 3 amide bonds. The number of benzene rings is 1.